The van der Waals surface area contributed by atoms with Crippen molar-refractivity contribution in [3.63, 3.8) is 0 Å². The van der Waals surface area contributed by atoms with Gasteiger partial charge in [-0.3, -0.25) is 14.4 Å². The molecule has 0 N–H and O–H groups in total. The maximum absolute atomic E-state index is 12.9. The van der Waals surface area contributed by atoms with E-state index in [1.165, 1.54) is 64.2 Å². The molecule has 0 aliphatic heterocycles. The van der Waals surface area contributed by atoms with Crippen LogP contribution < -0.4 is 0 Å². The van der Waals surface area contributed by atoms with Gasteiger partial charge in [0.15, 0.2) is 6.10 Å². The molecule has 0 bridgehead atoms. The summed E-state index contributed by atoms with van der Waals surface area (Å²) in [7, 11) is 0. The molecule has 0 rings (SSSR count). The van der Waals surface area contributed by atoms with E-state index in [-0.39, 0.29) is 31.1 Å². The average Bonchev–Trinajstić information content (AvgIpc) is 3.45. The zero-order valence-corrected chi connectivity index (χ0v) is 50.8. The Kier molecular flexibility index (Phi) is 61.4. The molecular formula is C73H116O6. The summed E-state index contributed by atoms with van der Waals surface area (Å²) in [6, 6.07) is 0. The first kappa shape index (κ1) is 74.0. The van der Waals surface area contributed by atoms with E-state index in [4.69, 9.17) is 14.2 Å². The smallest absolute Gasteiger partial charge is 0.306 e. The Hall–Kier alpha value is -4.97. The zero-order chi connectivity index (χ0) is 57.1. The molecule has 0 spiro atoms. The van der Waals surface area contributed by atoms with Gasteiger partial charge in [0.05, 0.1) is 0 Å². The standard InChI is InChI=1S/C73H116O6/c1-4-7-10-13-16-19-22-25-27-28-29-30-31-32-33-34-35-36-37-38-39-40-41-42-43-44-46-48-51-54-57-60-63-66-72(75)78-69-70(68-77-71(74)65-62-59-56-53-50-47-24-21-18-15-12-9-6-3)79-73(76)67-64-61-58-55-52-49-45-26-23-20-17-14-11-8-5-2/h7,10,16-17,19-21,24-27,29-30,32-33,35-36,38-39,41-42,44-46,51,54,70H,4-6,8-9,11-15,18,22-23,28,31,34,37,40,43,47-50,52-53,55-69H2,1-3H3/b10-7-,19-16-,20-17-,24-21-,27-25-,30-29-,33-32-,36-35-,39-38-,42-41-,45-26-,46-44-,54-51-. The third kappa shape index (κ3) is 63.7. The van der Waals surface area contributed by atoms with Crippen LogP contribution in [0.3, 0.4) is 0 Å². The van der Waals surface area contributed by atoms with E-state index in [0.29, 0.717) is 25.7 Å². The molecular weight excluding hydrogens is 973 g/mol. The molecule has 0 radical (unpaired) electrons. The summed E-state index contributed by atoms with van der Waals surface area (Å²) in [6.45, 7) is 6.42. The highest BCUT2D eigenvalue weighted by molar-refractivity contribution is 5.71. The van der Waals surface area contributed by atoms with E-state index in [9.17, 15) is 14.4 Å². The van der Waals surface area contributed by atoms with Gasteiger partial charge in [-0.25, -0.2) is 0 Å². The minimum Gasteiger partial charge on any atom is -0.462 e. The lowest BCUT2D eigenvalue weighted by Gasteiger charge is -2.18. The maximum Gasteiger partial charge on any atom is 0.306 e. The van der Waals surface area contributed by atoms with Crippen molar-refractivity contribution in [1.82, 2.24) is 0 Å². The predicted molar refractivity (Wildman–Crippen MR) is 343 cm³/mol. The molecule has 0 aliphatic rings. The lowest BCUT2D eigenvalue weighted by molar-refractivity contribution is -0.167. The van der Waals surface area contributed by atoms with Crippen LogP contribution in [-0.4, -0.2) is 37.2 Å². The van der Waals surface area contributed by atoms with Gasteiger partial charge >= 0.3 is 17.9 Å². The Morgan fingerprint density at radius 1 is 0.266 bits per heavy atom. The van der Waals surface area contributed by atoms with Crippen molar-refractivity contribution in [3.05, 3.63) is 158 Å². The van der Waals surface area contributed by atoms with Crippen LogP contribution in [0.4, 0.5) is 0 Å². The molecule has 0 amide bonds. The number of unbranched alkanes of at least 4 members (excludes halogenated alkanes) is 19. The van der Waals surface area contributed by atoms with Gasteiger partial charge in [0.1, 0.15) is 13.2 Å². The van der Waals surface area contributed by atoms with Crippen LogP contribution in [0.2, 0.25) is 0 Å². The molecule has 79 heavy (non-hydrogen) atoms. The summed E-state index contributed by atoms with van der Waals surface area (Å²) < 4.78 is 16.8. The fourth-order valence-corrected chi connectivity index (χ4v) is 8.20. The molecule has 0 fully saturated rings. The molecule has 444 valence electrons. The molecule has 0 saturated heterocycles. The lowest BCUT2D eigenvalue weighted by Crippen LogP contribution is -2.30. The van der Waals surface area contributed by atoms with Crippen LogP contribution >= 0.6 is 0 Å². The molecule has 0 aromatic carbocycles. The van der Waals surface area contributed by atoms with Crippen molar-refractivity contribution in [2.75, 3.05) is 13.2 Å². The first-order valence-electron chi connectivity index (χ1n) is 32.0. The van der Waals surface area contributed by atoms with Crippen LogP contribution in [-0.2, 0) is 28.6 Å². The highest BCUT2D eigenvalue weighted by Gasteiger charge is 2.19. The third-order valence-electron chi connectivity index (χ3n) is 13.0. The van der Waals surface area contributed by atoms with Gasteiger partial charge in [0.25, 0.3) is 0 Å². The number of rotatable bonds is 56. The number of allylic oxidation sites excluding steroid dienone is 26. The van der Waals surface area contributed by atoms with E-state index in [0.717, 1.165) is 154 Å². The summed E-state index contributed by atoms with van der Waals surface area (Å²) in [4.78, 5) is 38.2. The first-order valence-corrected chi connectivity index (χ1v) is 32.0. The molecule has 0 heterocycles. The number of ether oxygens (including phenoxy) is 3. The van der Waals surface area contributed by atoms with Crippen LogP contribution in [0, 0.1) is 0 Å². The van der Waals surface area contributed by atoms with Gasteiger partial charge in [-0.05, 0) is 154 Å². The van der Waals surface area contributed by atoms with Gasteiger partial charge in [-0.2, -0.15) is 0 Å². The van der Waals surface area contributed by atoms with Crippen molar-refractivity contribution in [2.24, 2.45) is 0 Å². The second kappa shape index (κ2) is 65.5. The fraction of sp³-hybridized carbons (Fsp3) is 0.603. The molecule has 0 aliphatic carbocycles. The molecule has 1 unspecified atom stereocenters. The van der Waals surface area contributed by atoms with Crippen LogP contribution in [0.5, 0.6) is 0 Å². The second-order valence-electron chi connectivity index (χ2n) is 20.6. The van der Waals surface area contributed by atoms with Crippen molar-refractivity contribution >= 4 is 17.9 Å². The number of carbonyl (C=O) groups is 3. The number of esters is 3. The van der Waals surface area contributed by atoms with Crippen molar-refractivity contribution in [1.29, 1.82) is 0 Å². The minimum atomic E-state index is -0.814. The minimum absolute atomic E-state index is 0.107. The van der Waals surface area contributed by atoms with Crippen LogP contribution in [0.25, 0.3) is 0 Å². The SMILES string of the molecule is CC/C=C\C/C=C\C/C=C\C/C=C\C/C=C\C/C=C\C/C=C\C/C=C\C/C=C\C/C=C\CCCCC(=O)OCC(COC(=O)CCCCCCC/C=C\CCCCCC)OC(=O)CCCCCCC/C=C\C/C=C\CCCCC. The summed E-state index contributed by atoms with van der Waals surface area (Å²) in [6.07, 6.45) is 95.4. The fourth-order valence-electron chi connectivity index (χ4n) is 8.20. The van der Waals surface area contributed by atoms with E-state index >= 15 is 0 Å². The number of hydrogen-bond acceptors (Lipinski definition) is 6. The lowest BCUT2D eigenvalue weighted by atomic mass is 10.1. The zero-order valence-electron chi connectivity index (χ0n) is 50.8. The van der Waals surface area contributed by atoms with Gasteiger partial charge in [0, 0.05) is 19.3 Å². The van der Waals surface area contributed by atoms with E-state index < -0.39 is 6.10 Å². The Balaban J connectivity index is 4.40. The molecule has 1 atom stereocenters. The Labute approximate surface area is 486 Å². The monoisotopic (exact) mass is 1090 g/mol. The maximum atomic E-state index is 12.9. The van der Waals surface area contributed by atoms with Gasteiger partial charge in [-0.15, -0.1) is 0 Å². The quantitative estimate of drug-likeness (QED) is 0.0261. The van der Waals surface area contributed by atoms with Gasteiger partial charge in [-0.1, -0.05) is 249 Å². The first-order chi connectivity index (χ1) is 39.0. The average molecular weight is 1090 g/mol. The van der Waals surface area contributed by atoms with Crippen molar-refractivity contribution < 1.29 is 28.6 Å². The van der Waals surface area contributed by atoms with Crippen molar-refractivity contribution in [3.8, 4) is 0 Å². The van der Waals surface area contributed by atoms with E-state index in [1.54, 1.807) is 0 Å². The molecule has 0 saturated carbocycles. The molecule has 6 heteroatoms. The predicted octanol–water partition coefficient (Wildman–Crippen LogP) is 22.1. The van der Waals surface area contributed by atoms with Gasteiger partial charge < -0.3 is 14.2 Å². The molecule has 6 nitrogen and oxygen atoms in total. The van der Waals surface area contributed by atoms with E-state index in [1.807, 2.05) is 0 Å². The number of carbonyl (C=O) groups excluding carboxylic acids is 3. The normalized spacial score (nSPS) is 13.2. The highest BCUT2D eigenvalue weighted by Crippen LogP contribution is 2.13. The summed E-state index contributed by atoms with van der Waals surface area (Å²) in [5.74, 6) is -0.979. The van der Waals surface area contributed by atoms with E-state index in [2.05, 4.69) is 179 Å². The second-order valence-corrected chi connectivity index (χ2v) is 20.6. The van der Waals surface area contributed by atoms with Crippen LogP contribution in [0.15, 0.2) is 158 Å². The summed E-state index contributed by atoms with van der Waals surface area (Å²) in [5, 5.41) is 0. The van der Waals surface area contributed by atoms with Gasteiger partial charge in [0.2, 0.25) is 0 Å². The van der Waals surface area contributed by atoms with Crippen molar-refractivity contribution in [2.45, 2.75) is 271 Å². The molecule has 0 aromatic heterocycles. The highest BCUT2D eigenvalue weighted by atomic mass is 16.6. The Bertz CT molecular complexity index is 1780. The Morgan fingerprint density at radius 2 is 0.494 bits per heavy atom. The summed E-state index contributed by atoms with van der Waals surface area (Å²) in [5.41, 5.74) is 0. The topological polar surface area (TPSA) is 78.9 Å². The third-order valence-corrected chi connectivity index (χ3v) is 13.0. The summed E-state index contributed by atoms with van der Waals surface area (Å²) >= 11 is 0. The Morgan fingerprint density at radius 3 is 0.835 bits per heavy atom. The largest absolute Gasteiger partial charge is 0.462 e. The molecule has 0 aromatic rings. The number of hydrogen-bond donors (Lipinski definition) is 0. The van der Waals surface area contributed by atoms with Crippen LogP contribution in [0.1, 0.15) is 265 Å².